The summed E-state index contributed by atoms with van der Waals surface area (Å²) in [5.41, 5.74) is -0.347. The molecule has 1 fully saturated rings. The Morgan fingerprint density at radius 3 is 2.56 bits per heavy atom. The Morgan fingerprint density at radius 1 is 1.19 bits per heavy atom. The van der Waals surface area contributed by atoms with Gasteiger partial charge in [0.25, 0.3) is 11.8 Å². The lowest BCUT2D eigenvalue weighted by atomic mass is 9.95. The molecular weight excluding hydrogens is 548 g/mol. The van der Waals surface area contributed by atoms with Crippen LogP contribution in [0, 0.1) is 0 Å². The normalized spacial score (nSPS) is 17.1. The van der Waals surface area contributed by atoms with Crippen molar-refractivity contribution in [2.24, 2.45) is 0 Å². The van der Waals surface area contributed by atoms with Gasteiger partial charge in [-0.1, -0.05) is 23.2 Å². The minimum atomic E-state index is -4.59. The van der Waals surface area contributed by atoms with E-state index in [0.29, 0.717) is 5.65 Å². The van der Waals surface area contributed by atoms with Gasteiger partial charge in [-0.05, 0) is 19.8 Å². The van der Waals surface area contributed by atoms with Gasteiger partial charge in [-0.25, -0.2) is 18.4 Å². The van der Waals surface area contributed by atoms with Crippen LogP contribution in [-0.2, 0) is 9.84 Å². The van der Waals surface area contributed by atoms with E-state index < -0.39 is 34.1 Å². The lowest BCUT2D eigenvalue weighted by Gasteiger charge is -2.34. The van der Waals surface area contributed by atoms with E-state index in [0.717, 1.165) is 6.07 Å². The molecule has 1 N–H and O–H groups in total. The Balaban J connectivity index is 1.55. The molecular formula is C21H19Cl2F3N4O5S. The maximum absolute atomic E-state index is 12.8. The van der Waals surface area contributed by atoms with Crippen LogP contribution >= 0.6 is 23.2 Å². The molecule has 1 amide bonds. The molecule has 3 aromatic rings. The summed E-state index contributed by atoms with van der Waals surface area (Å²) in [5.74, 6) is -1.17. The zero-order valence-corrected chi connectivity index (χ0v) is 20.9. The van der Waals surface area contributed by atoms with Crippen molar-refractivity contribution in [2.75, 3.05) is 18.1 Å². The lowest BCUT2D eigenvalue weighted by Crippen LogP contribution is -2.51. The van der Waals surface area contributed by atoms with Gasteiger partial charge in [-0.15, -0.1) is 0 Å². The molecule has 0 saturated carbocycles. The van der Waals surface area contributed by atoms with Gasteiger partial charge in [0, 0.05) is 30.1 Å². The molecule has 0 radical (unpaired) electrons. The quantitative estimate of drug-likeness (QED) is 0.468. The van der Waals surface area contributed by atoms with E-state index in [1.165, 1.54) is 29.1 Å². The standard InChI is InChI=1S/C21H19Cl2F3N4O5S/c1-20(2-4-36(32,33)5-3-20)29-18(31)14-9-30-10-16(13(23)7-17(30)28-14)35-19-15(6-12(22)8-27-19)34-11-21(24,25)26/h6-10H,2-5,11H2,1H3,(H,29,31). The Hall–Kier alpha value is -2.77. The highest BCUT2D eigenvalue weighted by atomic mass is 35.5. The number of halogens is 5. The summed E-state index contributed by atoms with van der Waals surface area (Å²) >= 11 is 12.1. The first kappa shape index (κ1) is 26.3. The average molecular weight is 567 g/mol. The number of pyridine rings is 2. The second-order valence-electron chi connectivity index (χ2n) is 8.51. The van der Waals surface area contributed by atoms with Crippen molar-refractivity contribution in [1.29, 1.82) is 0 Å². The SMILES string of the molecule is CC1(NC(=O)c2cn3cc(Oc4ncc(Cl)cc4OCC(F)(F)F)c(Cl)cc3n2)CCS(=O)(=O)CC1. The lowest BCUT2D eigenvalue weighted by molar-refractivity contribution is -0.153. The van der Waals surface area contributed by atoms with Crippen LogP contribution in [0.25, 0.3) is 5.65 Å². The van der Waals surface area contributed by atoms with Gasteiger partial charge in [-0.2, -0.15) is 13.2 Å². The summed E-state index contributed by atoms with van der Waals surface area (Å²) in [7, 11) is -3.10. The molecule has 4 rings (SSSR count). The number of nitrogens with zero attached hydrogens (tertiary/aromatic N) is 3. The monoisotopic (exact) mass is 566 g/mol. The Bertz CT molecular complexity index is 1410. The van der Waals surface area contributed by atoms with Crippen molar-refractivity contribution in [1.82, 2.24) is 19.7 Å². The van der Waals surface area contributed by atoms with Crippen molar-refractivity contribution in [2.45, 2.75) is 31.5 Å². The number of alkyl halides is 3. The molecule has 9 nitrogen and oxygen atoms in total. The van der Waals surface area contributed by atoms with Crippen LogP contribution < -0.4 is 14.8 Å². The topological polar surface area (TPSA) is 112 Å². The summed E-state index contributed by atoms with van der Waals surface area (Å²) in [6.07, 6.45) is -0.0725. The number of hydrogen-bond acceptors (Lipinski definition) is 7. The van der Waals surface area contributed by atoms with Gasteiger partial charge in [0.2, 0.25) is 0 Å². The number of sulfone groups is 1. The number of imidazole rings is 1. The maximum atomic E-state index is 12.8. The highest BCUT2D eigenvalue weighted by Crippen LogP contribution is 2.36. The molecule has 36 heavy (non-hydrogen) atoms. The Kier molecular flexibility index (Phi) is 7.01. The van der Waals surface area contributed by atoms with Crippen molar-refractivity contribution >= 4 is 44.6 Å². The van der Waals surface area contributed by atoms with E-state index in [1.807, 2.05) is 0 Å². The maximum Gasteiger partial charge on any atom is 0.422 e. The molecule has 194 valence electrons. The highest BCUT2D eigenvalue weighted by Gasteiger charge is 2.35. The smallest absolute Gasteiger partial charge is 0.422 e. The molecule has 0 aromatic carbocycles. The average Bonchev–Trinajstić information content (AvgIpc) is 3.19. The number of carbonyl (C=O) groups is 1. The molecule has 1 saturated heterocycles. The van der Waals surface area contributed by atoms with E-state index in [9.17, 15) is 26.4 Å². The minimum Gasteiger partial charge on any atom is -0.478 e. The molecule has 15 heteroatoms. The van der Waals surface area contributed by atoms with Crippen LogP contribution in [-0.4, -0.2) is 58.5 Å². The van der Waals surface area contributed by atoms with E-state index in [2.05, 4.69) is 15.3 Å². The van der Waals surface area contributed by atoms with Gasteiger partial charge in [-0.3, -0.25) is 4.79 Å². The van der Waals surface area contributed by atoms with Gasteiger partial charge in [0.1, 0.15) is 21.2 Å². The first-order valence-corrected chi connectivity index (χ1v) is 13.0. The van der Waals surface area contributed by atoms with E-state index in [-0.39, 0.29) is 57.5 Å². The number of aromatic nitrogens is 3. The van der Waals surface area contributed by atoms with Crippen LogP contribution in [0.5, 0.6) is 17.4 Å². The van der Waals surface area contributed by atoms with Crippen molar-refractivity contribution < 1.29 is 35.9 Å². The summed E-state index contributed by atoms with van der Waals surface area (Å²) in [4.78, 5) is 20.9. The highest BCUT2D eigenvalue weighted by molar-refractivity contribution is 7.91. The van der Waals surface area contributed by atoms with Gasteiger partial charge >= 0.3 is 6.18 Å². The fourth-order valence-corrected chi connectivity index (χ4v) is 5.54. The van der Waals surface area contributed by atoms with Gasteiger partial charge in [0.05, 0.1) is 27.7 Å². The molecule has 4 heterocycles. The van der Waals surface area contributed by atoms with Crippen molar-refractivity contribution in [3.05, 3.63) is 46.5 Å². The molecule has 0 atom stereocenters. The largest absolute Gasteiger partial charge is 0.478 e. The third-order valence-electron chi connectivity index (χ3n) is 5.47. The first-order chi connectivity index (χ1) is 16.7. The molecule has 0 unspecified atom stereocenters. The Morgan fingerprint density at radius 2 is 1.89 bits per heavy atom. The molecule has 1 aliphatic rings. The predicted octanol–water partition coefficient (Wildman–Crippen LogP) is 4.47. The summed E-state index contributed by atoms with van der Waals surface area (Å²) in [6.45, 7) is 0.193. The van der Waals surface area contributed by atoms with E-state index in [4.69, 9.17) is 32.7 Å². The molecule has 1 aliphatic heterocycles. The van der Waals surface area contributed by atoms with E-state index >= 15 is 0 Å². The first-order valence-electron chi connectivity index (χ1n) is 10.5. The number of fused-ring (bicyclic) bond motifs is 1. The number of rotatable bonds is 6. The van der Waals surface area contributed by atoms with Crippen LogP contribution in [0.1, 0.15) is 30.3 Å². The molecule has 0 spiro atoms. The third kappa shape index (κ3) is 6.31. The predicted molar refractivity (Wildman–Crippen MR) is 125 cm³/mol. The zero-order chi connectivity index (χ0) is 26.3. The third-order valence-corrected chi connectivity index (χ3v) is 7.62. The zero-order valence-electron chi connectivity index (χ0n) is 18.6. The number of nitrogens with one attached hydrogen (secondary N) is 1. The molecule has 3 aromatic heterocycles. The Labute approximate surface area is 213 Å². The second-order valence-corrected chi connectivity index (χ2v) is 11.7. The summed E-state index contributed by atoms with van der Waals surface area (Å²) in [5, 5.41) is 2.93. The molecule has 0 bridgehead atoms. The van der Waals surface area contributed by atoms with Crippen LogP contribution in [0.4, 0.5) is 13.2 Å². The number of ether oxygens (including phenoxy) is 2. The summed E-state index contributed by atoms with van der Waals surface area (Å²) in [6, 6.07) is 2.52. The van der Waals surface area contributed by atoms with Crippen molar-refractivity contribution in [3.63, 3.8) is 0 Å². The van der Waals surface area contributed by atoms with Crippen LogP contribution in [0.2, 0.25) is 10.0 Å². The van der Waals surface area contributed by atoms with Crippen LogP contribution in [0.15, 0.2) is 30.7 Å². The van der Waals surface area contributed by atoms with Gasteiger partial charge < -0.3 is 19.2 Å². The summed E-state index contributed by atoms with van der Waals surface area (Å²) < 4.78 is 73.0. The number of carbonyl (C=O) groups excluding carboxylic acids is 1. The molecule has 0 aliphatic carbocycles. The van der Waals surface area contributed by atoms with Crippen LogP contribution in [0.3, 0.4) is 0 Å². The fraction of sp³-hybridized carbons (Fsp3) is 0.381. The second kappa shape index (κ2) is 9.60. The van der Waals surface area contributed by atoms with Crippen molar-refractivity contribution in [3.8, 4) is 17.4 Å². The van der Waals surface area contributed by atoms with E-state index in [1.54, 1.807) is 6.92 Å². The number of hydrogen-bond donors (Lipinski definition) is 1. The fourth-order valence-electron chi connectivity index (χ4n) is 3.48. The van der Waals surface area contributed by atoms with Gasteiger partial charge in [0.15, 0.2) is 18.1 Å². The number of amides is 1. The minimum absolute atomic E-state index is 0.00431.